The Labute approximate surface area is 130 Å². The van der Waals surface area contributed by atoms with Crippen molar-refractivity contribution in [3.63, 3.8) is 0 Å². The number of nitro groups is 1. The number of anilines is 1. The fourth-order valence-corrected chi connectivity index (χ4v) is 3.86. The van der Waals surface area contributed by atoms with Crippen LogP contribution in [0.1, 0.15) is 0 Å². The van der Waals surface area contributed by atoms with Crippen LogP contribution in [-0.4, -0.2) is 4.92 Å². The van der Waals surface area contributed by atoms with Gasteiger partial charge in [-0.05, 0) is 34.1 Å². The van der Waals surface area contributed by atoms with Crippen molar-refractivity contribution >= 4 is 55.0 Å². The second kappa shape index (κ2) is 5.94. The third-order valence-electron chi connectivity index (χ3n) is 2.32. The number of benzene rings is 2. The van der Waals surface area contributed by atoms with E-state index < -0.39 is 4.92 Å². The molecule has 0 aliphatic carbocycles. The lowest BCUT2D eigenvalue weighted by Crippen LogP contribution is -1.93. The van der Waals surface area contributed by atoms with Crippen LogP contribution in [0.15, 0.2) is 55.1 Å². The Kier molecular flexibility index (Phi) is 4.49. The fourth-order valence-electron chi connectivity index (χ4n) is 1.47. The summed E-state index contributed by atoms with van der Waals surface area (Å²) in [6.45, 7) is 0. The van der Waals surface area contributed by atoms with Gasteiger partial charge in [-0.15, -0.1) is 0 Å². The third kappa shape index (κ3) is 3.29. The topological polar surface area (TPSA) is 69.2 Å². The smallest absolute Gasteiger partial charge is 0.285 e. The molecule has 0 saturated carbocycles. The van der Waals surface area contributed by atoms with E-state index in [0.717, 1.165) is 4.90 Å². The molecule has 0 aliphatic heterocycles. The summed E-state index contributed by atoms with van der Waals surface area (Å²) in [5.41, 5.74) is 6.49. The van der Waals surface area contributed by atoms with Crippen molar-refractivity contribution in [3.8, 4) is 0 Å². The molecule has 2 N–H and O–H groups in total. The number of nitrogens with two attached hydrogens (primary N) is 1. The van der Waals surface area contributed by atoms with E-state index in [-0.39, 0.29) is 5.69 Å². The molecule has 4 nitrogen and oxygen atoms in total. The van der Waals surface area contributed by atoms with E-state index in [2.05, 4.69) is 31.9 Å². The molecule has 0 fully saturated rings. The Balaban J connectivity index is 2.51. The quantitative estimate of drug-likeness (QED) is 0.451. The van der Waals surface area contributed by atoms with Crippen LogP contribution in [0.3, 0.4) is 0 Å². The van der Waals surface area contributed by atoms with Crippen molar-refractivity contribution in [1.82, 2.24) is 0 Å². The fraction of sp³-hybridized carbons (Fsp3) is 0. The van der Waals surface area contributed by atoms with Gasteiger partial charge in [-0.3, -0.25) is 10.1 Å². The monoisotopic (exact) mass is 402 g/mol. The molecule has 0 aromatic heterocycles. The lowest BCUT2D eigenvalue weighted by Gasteiger charge is -2.08. The number of nitro benzene ring substituents is 1. The summed E-state index contributed by atoms with van der Waals surface area (Å²) in [7, 11) is 0. The molecule has 0 saturated heterocycles. The SMILES string of the molecule is Nc1ccccc1Sc1c(Br)cc(Br)cc1[N+](=O)[O-]. The maximum atomic E-state index is 11.1. The summed E-state index contributed by atoms with van der Waals surface area (Å²) in [5, 5.41) is 11.1. The summed E-state index contributed by atoms with van der Waals surface area (Å²) < 4.78 is 1.30. The lowest BCUT2D eigenvalue weighted by atomic mass is 10.3. The Morgan fingerprint density at radius 3 is 2.53 bits per heavy atom. The molecule has 0 atom stereocenters. The maximum absolute atomic E-state index is 11.1. The highest BCUT2D eigenvalue weighted by molar-refractivity contribution is 9.11. The molecule has 7 heteroatoms. The van der Waals surface area contributed by atoms with Gasteiger partial charge in [0, 0.05) is 25.6 Å². The van der Waals surface area contributed by atoms with Crippen LogP contribution in [0.2, 0.25) is 0 Å². The van der Waals surface area contributed by atoms with Gasteiger partial charge in [0.1, 0.15) is 4.90 Å². The first-order valence-electron chi connectivity index (χ1n) is 5.15. The minimum atomic E-state index is -0.406. The van der Waals surface area contributed by atoms with Crippen LogP contribution in [0.5, 0.6) is 0 Å². The molecule has 0 bridgehead atoms. The summed E-state index contributed by atoms with van der Waals surface area (Å²) in [5.74, 6) is 0. The third-order valence-corrected chi connectivity index (χ3v) is 4.89. The molecule has 2 rings (SSSR count). The highest BCUT2D eigenvalue weighted by Crippen LogP contribution is 2.43. The van der Waals surface area contributed by atoms with Crippen LogP contribution in [-0.2, 0) is 0 Å². The predicted octanol–water partition coefficient (Wildman–Crippen LogP) is 4.85. The lowest BCUT2D eigenvalue weighted by molar-refractivity contribution is -0.387. The van der Waals surface area contributed by atoms with Gasteiger partial charge in [0.05, 0.1) is 4.92 Å². The van der Waals surface area contributed by atoms with Crippen molar-refractivity contribution in [2.75, 3.05) is 5.73 Å². The van der Waals surface area contributed by atoms with Crippen molar-refractivity contribution in [3.05, 3.63) is 55.5 Å². The van der Waals surface area contributed by atoms with Crippen molar-refractivity contribution in [2.45, 2.75) is 9.79 Å². The van der Waals surface area contributed by atoms with Crippen LogP contribution in [0.4, 0.5) is 11.4 Å². The number of halogens is 2. The normalized spacial score (nSPS) is 10.4. The van der Waals surface area contributed by atoms with Gasteiger partial charge in [0.15, 0.2) is 0 Å². The Morgan fingerprint density at radius 1 is 1.21 bits per heavy atom. The molecule has 0 aliphatic rings. The molecule has 0 unspecified atom stereocenters. The van der Waals surface area contributed by atoms with E-state index in [4.69, 9.17) is 5.73 Å². The minimum absolute atomic E-state index is 0.0366. The predicted molar refractivity (Wildman–Crippen MR) is 83.5 cm³/mol. The highest BCUT2D eigenvalue weighted by Gasteiger charge is 2.20. The zero-order chi connectivity index (χ0) is 14.0. The van der Waals surface area contributed by atoms with Gasteiger partial charge in [0.25, 0.3) is 5.69 Å². The van der Waals surface area contributed by atoms with Gasteiger partial charge < -0.3 is 5.73 Å². The Morgan fingerprint density at radius 2 is 1.89 bits per heavy atom. The average Bonchev–Trinajstić information content (AvgIpc) is 2.34. The molecule has 19 heavy (non-hydrogen) atoms. The molecule has 0 radical (unpaired) electrons. The van der Waals surface area contributed by atoms with Gasteiger partial charge >= 0.3 is 0 Å². The van der Waals surface area contributed by atoms with E-state index in [1.807, 2.05) is 18.2 Å². The molecule has 0 heterocycles. The highest BCUT2D eigenvalue weighted by atomic mass is 79.9. The maximum Gasteiger partial charge on any atom is 0.285 e. The molecular weight excluding hydrogens is 396 g/mol. The molecular formula is C12H8Br2N2O2S. The standard InChI is InChI=1S/C12H8Br2N2O2S/c13-7-5-8(14)12(10(6-7)16(17)18)19-11-4-2-1-3-9(11)15/h1-6H,15H2. The van der Waals surface area contributed by atoms with Crippen LogP contribution < -0.4 is 5.73 Å². The Hall–Kier alpha value is -1.05. The van der Waals surface area contributed by atoms with E-state index in [0.29, 0.717) is 19.5 Å². The van der Waals surface area contributed by atoms with Crippen LogP contribution >= 0.6 is 43.6 Å². The molecule has 2 aromatic carbocycles. The zero-order valence-corrected chi connectivity index (χ0v) is 13.5. The van der Waals surface area contributed by atoms with E-state index >= 15 is 0 Å². The molecule has 0 amide bonds. The summed E-state index contributed by atoms with van der Waals surface area (Å²) in [4.78, 5) is 12.0. The number of hydrogen-bond donors (Lipinski definition) is 1. The second-order valence-electron chi connectivity index (χ2n) is 3.63. The second-order valence-corrected chi connectivity index (χ2v) is 6.46. The largest absolute Gasteiger partial charge is 0.398 e. The van der Waals surface area contributed by atoms with Gasteiger partial charge in [-0.2, -0.15) is 0 Å². The van der Waals surface area contributed by atoms with Crippen LogP contribution in [0, 0.1) is 10.1 Å². The summed E-state index contributed by atoms with van der Waals surface area (Å²) in [6.07, 6.45) is 0. The van der Waals surface area contributed by atoms with Gasteiger partial charge in [-0.1, -0.05) is 39.8 Å². The first-order valence-corrected chi connectivity index (χ1v) is 7.55. The van der Waals surface area contributed by atoms with Gasteiger partial charge in [-0.25, -0.2) is 0 Å². The van der Waals surface area contributed by atoms with E-state index in [9.17, 15) is 10.1 Å². The molecule has 98 valence electrons. The minimum Gasteiger partial charge on any atom is -0.398 e. The van der Waals surface area contributed by atoms with Crippen LogP contribution in [0.25, 0.3) is 0 Å². The number of rotatable bonds is 3. The summed E-state index contributed by atoms with van der Waals surface area (Å²) >= 11 is 7.87. The Bertz CT molecular complexity index is 650. The first-order chi connectivity index (χ1) is 8.99. The number of nitrogens with zero attached hydrogens (tertiary/aromatic N) is 1. The first kappa shape index (κ1) is 14.4. The van der Waals surface area contributed by atoms with E-state index in [1.165, 1.54) is 17.8 Å². The molecule has 2 aromatic rings. The van der Waals surface area contributed by atoms with Crippen molar-refractivity contribution in [1.29, 1.82) is 0 Å². The van der Waals surface area contributed by atoms with E-state index in [1.54, 1.807) is 12.1 Å². The van der Waals surface area contributed by atoms with Crippen molar-refractivity contribution in [2.24, 2.45) is 0 Å². The number of hydrogen-bond acceptors (Lipinski definition) is 4. The number of para-hydroxylation sites is 1. The molecule has 0 spiro atoms. The summed E-state index contributed by atoms with van der Waals surface area (Å²) in [6, 6.07) is 10.5. The zero-order valence-electron chi connectivity index (χ0n) is 9.47. The average molecular weight is 404 g/mol. The number of nitrogen functional groups attached to an aromatic ring is 1. The van der Waals surface area contributed by atoms with Gasteiger partial charge in [0.2, 0.25) is 0 Å². The van der Waals surface area contributed by atoms with Crippen molar-refractivity contribution < 1.29 is 4.92 Å².